The van der Waals surface area contributed by atoms with Crippen molar-refractivity contribution in [1.29, 1.82) is 0 Å². The standard InChI is InChI=1S/C11H11BrClNO3/c12-8-2-1-7(9(13)5-8)6-14-10(15)3-4-11(16)17/h1-2,5H,3-4,6H2,(H,14,15)(H,16,17). The Morgan fingerprint density at radius 2 is 2.06 bits per heavy atom. The average molecular weight is 321 g/mol. The lowest BCUT2D eigenvalue weighted by atomic mass is 10.2. The number of amides is 1. The quantitative estimate of drug-likeness (QED) is 0.876. The number of aliphatic carboxylic acids is 1. The fourth-order valence-electron chi connectivity index (χ4n) is 1.17. The van der Waals surface area contributed by atoms with Crippen LogP contribution in [0.25, 0.3) is 0 Å². The maximum atomic E-state index is 11.3. The highest BCUT2D eigenvalue weighted by Crippen LogP contribution is 2.21. The molecule has 0 radical (unpaired) electrons. The van der Waals surface area contributed by atoms with Crippen molar-refractivity contribution in [2.45, 2.75) is 19.4 Å². The lowest BCUT2D eigenvalue weighted by Crippen LogP contribution is -2.23. The molecule has 0 bridgehead atoms. The minimum absolute atomic E-state index is 0.0243. The lowest BCUT2D eigenvalue weighted by molar-refractivity contribution is -0.138. The van der Waals surface area contributed by atoms with E-state index in [1.165, 1.54) is 0 Å². The van der Waals surface area contributed by atoms with Crippen molar-refractivity contribution in [2.24, 2.45) is 0 Å². The number of carbonyl (C=O) groups excluding carboxylic acids is 1. The Hall–Kier alpha value is -1.07. The topological polar surface area (TPSA) is 66.4 Å². The Bertz CT molecular complexity index is 437. The summed E-state index contributed by atoms with van der Waals surface area (Å²) in [4.78, 5) is 21.5. The molecule has 1 aromatic rings. The van der Waals surface area contributed by atoms with Crippen molar-refractivity contribution in [1.82, 2.24) is 5.32 Å². The van der Waals surface area contributed by atoms with Crippen LogP contribution in [-0.4, -0.2) is 17.0 Å². The first-order valence-electron chi connectivity index (χ1n) is 4.91. The van der Waals surface area contributed by atoms with Crippen LogP contribution in [0.5, 0.6) is 0 Å². The molecule has 0 saturated carbocycles. The summed E-state index contributed by atoms with van der Waals surface area (Å²) in [7, 11) is 0. The predicted molar refractivity (Wildman–Crippen MR) is 67.9 cm³/mol. The van der Waals surface area contributed by atoms with E-state index in [-0.39, 0.29) is 18.7 Å². The second kappa shape index (κ2) is 6.61. The van der Waals surface area contributed by atoms with Crippen LogP contribution in [0.15, 0.2) is 22.7 Å². The monoisotopic (exact) mass is 319 g/mol. The number of rotatable bonds is 5. The number of halogens is 2. The van der Waals surface area contributed by atoms with Crippen molar-refractivity contribution >= 4 is 39.4 Å². The molecular weight excluding hydrogens is 309 g/mol. The Morgan fingerprint density at radius 3 is 2.65 bits per heavy atom. The molecule has 0 aliphatic heterocycles. The lowest BCUT2D eigenvalue weighted by Gasteiger charge is -2.06. The van der Waals surface area contributed by atoms with Gasteiger partial charge in [-0.2, -0.15) is 0 Å². The first-order chi connectivity index (χ1) is 7.99. The van der Waals surface area contributed by atoms with E-state index in [9.17, 15) is 9.59 Å². The second-order valence-electron chi connectivity index (χ2n) is 3.41. The highest BCUT2D eigenvalue weighted by molar-refractivity contribution is 9.10. The molecule has 0 aromatic heterocycles. The Labute approximate surface area is 112 Å². The van der Waals surface area contributed by atoms with Crippen molar-refractivity contribution in [3.8, 4) is 0 Å². The third-order valence-electron chi connectivity index (χ3n) is 2.06. The number of carboxylic acid groups (broad SMARTS) is 1. The number of hydrogen-bond donors (Lipinski definition) is 2. The van der Waals surface area contributed by atoms with Gasteiger partial charge in [-0.3, -0.25) is 9.59 Å². The summed E-state index contributed by atoms with van der Waals surface area (Å²) in [5.41, 5.74) is 0.790. The van der Waals surface area contributed by atoms with Crippen LogP contribution in [0.2, 0.25) is 5.02 Å². The van der Waals surface area contributed by atoms with E-state index in [4.69, 9.17) is 16.7 Å². The molecule has 0 aliphatic carbocycles. The maximum Gasteiger partial charge on any atom is 0.303 e. The Morgan fingerprint density at radius 1 is 1.35 bits per heavy atom. The van der Waals surface area contributed by atoms with Crippen molar-refractivity contribution < 1.29 is 14.7 Å². The SMILES string of the molecule is O=C(O)CCC(=O)NCc1ccc(Br)cc1Cl. The smallest absolute Gasteiger partial charge is 0.303 e. The Kier molecular flexibility index (Phi) is 5.44. The first-order valence-corrected chi connectivity index (χ1v) is 6.08. The third-order valence-corrected chi connectivity index (χ3v) is 2.90. The molecule has 1 amide bonds. The van der Waals surface area contributed by atoms with Gasteiger partial charge in [0.2, 0.25) is 5.91 Å². The summed E-state index contributed by atoms with van der Waals surface area (Å²) in [6.07, 6.45) is -0.191. The fraction of sp³-hybridized carbons (Fsp3) is 0.273. The molecule has 0 heterocycles. The molecule has 1 rings (SSSR count). The molecule has 17 heavy (non-hydrogen) atoms. The predicted octanol–water partition coefficient (Wildman–Crippen LogP) is 2.58. The molecular formula is C11H11BrClNO3. The van der Waals surface area contributed by atoms with E-state index in [2.05, 4.69) is 21.2 Å². The molecule has 0 saturated heterocycles. The number of carboxylic acids is 1. The van der Waals surface area contributed by atoms with Crippen LogP contribution in [0.1, 0.15) is 18.4 Å². The van der Waals surface area contributed by atoms with E-state index in [0.717, 1.165) is 10.0 Å². The fourth-order valence-corrected chi connectivity index (χ4v) is 1.91. The largest absolute Gasteiger partial charge is 0.481 e. The van der Waals surface area contributed by atoms with E-state index < -0.39 is 5.97 Å². The second-order valence-corrected chi connectivity index (χ2v) is 4.73. The number of hydrogen-bond acceptors (Lipinski definition) is 2. The van der Waals surface area contributed by atoms with E-state index in [0.29, 0.717) is 11.6 Å². The van der Waals surface area contributed by atoms with Gasteiger partial charge in [0.15, 0.2) is 0 Å². The molecule has 0 atom stereocenters. The molecule has 92 valence electrons. The maximum absolute atomic E-state index is 11.3. The minimum atomic E-state index is -0.984. The van der Waals surface area contributed by atoms with Gasteiger partial charge in [0, 0.05) is 22.5 Å². The highest BCUT2D eigenvalue weighted by atomic mass is 79.9. The number of nitrogens with one attached hydrogen (secondary N) is 1. The number of carbonyl (C=O) groups is 2. The van der Waals surface area contributed by atoms with Crippen molar-refractivity contribution in [2.75, 3.05) is 0 Å². The molecule has 0 unspecified atom stereocenters. The molecule has 4 nitrogen and oxygen atoms in total. The van der Waals surface area contributed by atoms with Gasteiger partial charge < -0.3 is 10.4 Å². The van der Waals surface area contributed by atoms with Gasteiger partial charge >= 0.3 is 5.97 Å². The van der Waals surface area contributed by atoms with Gasteiger partial charge in [0.25, 0.3) is 0 Å². The van der Waals surface area contributed by atoms with Crippen LogP contribution in [0.4, 0.5) is 0 Å². The minimum Gasteiger partial charge on any atom is -0.481 e. The van der Waals surface area contributed by atoms with Crippen molar-refractivity contribution in [3.63, 3.8) is 0 Å². The number of benzene rings is 1. The molecule has 1 aromatic carbocycles. The summed E-state index contributed by atoms with van der Waals surface area (Å²) in [5.74, 6) is -1.28. The summed E-state index contributed by atoms with van der Waals surface area (Å²) in [6, 6.07) is 5.36. The first kappa shape index (κ1) is 14.0. The molecule has 0 fully saturated rings. The van der Waals surface area contributed by atoms with Crippen molar-refractivity contribution in [3.05, 3.63) is 33.3 Å². The van der Waals surface area contributed by atoms with Crippen LogP contribution in [0, 0.1) is 0 Å². The molecule has 0 aliphatic rings. The van der Waals surface area contributed by atoms with Gasteiger partial charge in [-0.25, -0.2) is 0 Å². The zero-order valence-electron chi connectivity index (χ0n) is 8.87. The summed E-state index contributed by atoms with van der Waals surface area (Å²) >= 11 is 9.25. The van der Waals surface area contributed by atoms with Gasteiger partial charge in [-0.1, -0.05) is 33.6 Å². The summed E-state index contributed by atoms with van der Waals surface area (Å²) < 4.78 is 0.864. The highest BCUT2D eigenvalue weighted by Gasteiger charge is 2.06. The normalized spacial score (nSPS) is 10.0. The van der Waals surface area contributed by atoms with E-state index >= 15 is 0 Å². The molecule has 2 N–H and O–H groups in total. The van der Waals surface area contributed by atoms with Crippen LogP contribution in [0.3, 0.4) is 0 Å². The average Bonchev–Trinajstić information content (AvgIpc) is 2.25. The van der Waals surface area contributed by atoms with Gasteiger partial charge in [-0.15, -0.1) is 0 Å². The summed E-state index contributed by atoms with van der Waals surface area (Å²) in [5, 5.41) is 11.6. The van der Waals surface area contributed by atoms with Crippen LogP contribution >= 0.6 is 27.5 Å². The Balaban J connectivity index is 2.44. The zero-order valence-corrected chi connectivity index (χ0v) is 11.2. The van der Waals surface area contributed by atoms with Crippen LogP contribution in [-0.2, 0) is 16.1 Å². The van der Waals surface area contributed by atoms with Gasteiger partial charge in [-0.05, 0) is 17.7 Å². The van der Waals surface area contributed by atoms with Gasteiger partial charge in [0.05, 0.1) is 6.42 Å². The zero-order chi connectivity index (χ0) is 12.8. The molecule has 0 spiro atoms. The third kappa shape index (κ3) is 5.19. The van der Waals surface area contributed by atoms with E-state index in [1.54, 1.807) is 12.1 Å². The van der Waals surface area contributed by atoms with Crippen LogP contribution < -0.4 is 5.32 Å². The summed E-state index contributed by atoms with van der Waals surface area (Å²) in [6.45, 7) is 0.296. The van der Waals surface area contributed by atoms with E-state index in [1.807, 2.05) is 6.07 Å². The van der Waals surface area contributed by atoms with Gasteiger partial charge in [0.1, 0.15) is 0 Å². The molecule has 6 heteroatoms.